The number of aliphatic hydroxyl groups excluding tert-OH is 1. The Balaban J connectivity index is 1.82. The van der Waals surface area contributed by atoms with E-state index in [9.17, 15) is 0 Å². The van der Waals surface area contributed by atoms with Gasteiger partial charge in [-0.25, -0.2) is 4.98 Å². The molecule has 0 radical (unpaired) electrons. The van der Waals surface area contributed by atoms with Gasteiger partial charge in [0.05, 0.1) is 10.7 Å². The smallest absolute Gasteiger partial charge is 0.0976 e. The number of hydrogen-bond acceptors (Lipinski definition) is 3. The standard InChI is InChI=1S/C21H23NOS/c1-14-4-6-17(7-5-14)20-13-24-21(22-20)12-19-11-15(2)18(8-9-23)10-16(19)3/h4-7,10-11,13,23H,8-9,12H2,1-3H3. The van der Waals surface area contributed by atoms with Gasteiger partial charge in [0.2, 0.25) is 0 Å². The first-order valence-electron chi connectivity index (χ1n) is 8.28. The molecule has 1 N–H and O–H groups in total. The van der Waals surface area contributed by atoms with E-state index in [4.69, 9.17) is 10.1 Å². The van der Waals surface area contributed by atoms with E-state index < -0.39 is 0 Å². The minimum absolute atomic E-state index is 0.200. The first kappa shape index (κ1) is 16.9. The number of hydrogen-bond donors (Lipinski definition) is 1. The lowest BCUT2D eigenvalue weighted by atomic mass is 9.97. The number of thiazole rings is 1. The van der Waals surface area contributed by atoms with Crippen LogP contribution >= 0.6 is 11.3 Å². The van der Waals surface area contributed by atoms with Crippen LogP contribution < -0.4 is 0 Å². The molecule has 0 unspecified atom stereocenters. The minimum Gasteiger partial charge on any atom is -0.396 e. The first-order valence-corrected chi connectivity index (χ1v) is 9.16. The Morgan fingerprint density at radius 2 is 1.62 bits per heavy atom. The van der Waals surface area contributed by atoms with Gasteiger partial charge in [-0.15, -0.1) is 11.3 Å². The van der Waals surface area contributed by atoms with E-state index in [1.165, 1.54) is 33.4 Å². The molecule has 124 valence electrons. The number of nitrogens with zero attached hydrogens (tertiary/aromatic N) is 1. The predicted octanol–water partition coefficient (Wildman–Crippen LogP) is 4.86. The average molecular weight is 337 g/mol. The van der Waals surface area contributed by atoms with Gasteiger partial charge in [-0.1, -0.05) is 42.0 Å². The molecule has 3 rings (SSSR count). The number of benzene rings is 2. The molecule has 0 saturated carbocycles. The highest BCUT2D eigenvalue weighted by atomic mass is 32.1. The Hall–Kier alpha value is -1.97. The van der Waals surface area contributed by atoms with Gasteiger partial charge in [0.15, 0.2) is 0 Å². The number of aliphatic hydroxyl groups is 1. The monoisotopic (exact) mass is 337 g/mol. The van der Waals surface area contributed by atoms with Gasteiger partial charge < -0.3 is 5.11 Å². The molecular weight excluding hydrogens is 314 g/mol. The Bertz CT molecular complexity index is 834. The summed E-state index contributed by atoms with van der Waals surface area (Å²) in [5.74, 6) is 0. The van der Waals surface area contributed by atoms with Crippen LogP contribution in [0.1, 0.15) is 32.8 Å². The van der Waals surface area contributed by atoms with Crippen LogP contribution in [0.2, 0.25) is 0 Å². The Labute approximate surface area is 147 Å². The lowest BCUT2D eigenvalue weighted by molar-refractivity contribution is 0.299. The second-order valence-corrected chi connectivity index (χ2v) is 7.29. The summed E-state index contributed by atoms with van der Waals surface area (Å²) in [7, 11) is 0. The van der Waals surface area contributed by atoms with E-state index >= 15 is 0 Å². The SMILES string of the molecule is Cc1ccc(-c2csc(Cc3cc(C)c(CCO)cc3C)n2)cc1. The molecule has 0 fully saturated rings. The molecule has 0 atom stereocenters. The van der Waals surface area contributed by atoms with E-state index in [1.807, 2.05) is 0 Å². The Morgan fingerprint density at radius 3 is 2.33 bits per heavy atom. The summed E-state index contributed by atoms with van der Waals surface area (Å²) in [6.07, 6.45) is 1.59. The van der Waals surface area contributed by atoms with Crippen LogP contribution in [0.3, 0.4) is 0 Å². The van der Waals surface area contributed by atoms with E-state index in [1.54, 1.807) is 11.3 Å². The highest BCUT2D eigenvalue weighted by Crippen LogP contribution is 2.25. The molecule has 0 aliphatic heterocycles. The third kappa shape index (κ3) is 3.74. The topological polar surface area (TPSA) is 33.1 Å². The Morgan fingerprint density at radius 1 is 0.958 bits per heavy atom. The number of aromatic nitrogens is 1. The van der Waals surface area contributed by atoms with Crippen LogP contribution in [0, 0.1) is 20.8 Å². The van der Waals surface area contributed by atoms with Gasteiger partial charge in [0.1, 0.15) is 0 Å². The van der Waals surface area contributed by atoms with Crippen LogP contribution in [-0.4, -0.2) is 16.7 Å². The molecule has 3 heteroatoms. The second kappa shape index (κ2) is 7.29. The summed E-state index contributed by atoms with van der Waals surface area (Å²) in [6, 6.07) is 13.0. The molecule has 0 spiro atoms. The van der Waals surface area contributed by atoms with Crippen molar-refractivity contribution in [1.82, 2.24) is 4.98 Å². The fraction of sp³-hybridized carbons (Fsp3) is 0.286. The zero-order chi connectivity index (χ0) is 17.1. The molecule has 24 heavy (non-hydrogen) atoms. The fourth-order valence-corrected chi connectivity index (χ4v) is 3.75. The van der Waals surface area contributed by atoms with E-state index in [0.29, 0.717) is 0 Å². The van der Waals surface area contributed by atoms with Gasteiger partial charge in [0, 0.05) is 24.0 Å². The summed E-state index contributed by atoms with van der Waals surface area (Å²) >= 11 is 1.72. The minimum atomic E-state index is 0.200. The molecule has 0 aliphatic rings. The molecule has 1 aromatic heterocycles. The fourth-order valence-electron chi connectivity index (χ4n) is 2.93. The van der Waals surface area contributed by atoms with Crippen molar-refractivity contribution in [3.05, 3.63) is 74.6 Å². The summed E-state index contributed by atoms with van der Waals surface area (Å²) in [4.78, 5) is 4.81. The largest absolute Gasteiger partial charge is 0.396 e. The van der Waals surface area contributed by atoms with Crippen LogP contribution in [0.15, 0.2) is 41.8 Å². The van der Waals surface area contributed by atoms with Crippen molar-refractivity contribution in [3.8, 4) is 11.3 Å². The maximum Gasteiger partial charge on any atom is 0.0976 e. The molecular formula is C21H23NOS. The summed E-state index contributed by atoms with van der Waals surface area (Å²) < 4.78 is 0. The second-order valence-electron chi connectivity index (χ2n) is 6.35. The van der Waals surface area contributed by atoms with Crippen molar-refractivity contribution in [2.45, 2.75) is 33.6 Å². The molecule has 0 saturated heterocycles. The first-order chi connectivity index (χ1) is 11.6. The number of rotatable bonds is 5. The molecule has 3 aromatic rings. The van der Waals surface area contributed by atoms with Crippen LogP contribution in [-0.2, 0) is 12.8 Å². The molecule has 2 aromatic carbocycles. The van der Waals surface area contributed by atoms with E-state index in [0.717, 1.165) is 23.5 Å². The normalized spacial score (nSPS) is 11.0. The summed E-state index contributed by atoms with van der Waals surface area (Å²) in [6.45, 7) is 6.56. The van der Waals surface area contributed by atoms with Crippen LogP contribution in [0.4, 0.5) is 0 Å². The summed E-state index contributed by atoms with van der Waals surface area (Å²) in [5.41, 5.74) is 8.58. The third-order valence-electron chi connectivity index (χ3n) is 4.42. The molecule has 2 nitrogen and oxygen atoms in total. The average Bonchev–Trinajstić information content (AvgIpc) is 3.01. The maximum absolute atomic E-state index is 9.16. The predicted molar refractivity (Wildman–Crippen MR) is 102 cm³/mol. The van der Waals surface area contributed by atoms with Gasteiger partial charge in [-0.05, 0) is 49.4 Å². The van der Waals surface area contributed by atoms with Gasteiger partial charge in [0.25, 0.3) is 0 Å². The van der Waals surface area contributed by atoms with Crippen molar-refractivity contribution in [1.29, 1.82) is 0 Å². The van der Waals surface area contributed by atoms with Gasteiger partial charge in [-0.2, -0.15) is 0 Å². The zero-order valence-electron chi connectivity index (χ0n) is 14.5. The van der Waals surface area contributed by atoms with Crippen molar-refractivity contribution in [2.75, 3.05) is 6.61 Å². The van der Waals surface area contributed by atoms with Gasteiger partial charge in [-0.3, -0.25) is 0 Å². The molecule has 0 aliphatic carbocycles. The quantitative estimate of drug-likeness (QED) is 0.721. The lowest BCUT2D eigenvalue weighted by Crippen LogP contribution is -1.99. The highest BCUT2D eigenvalue weighted by molar-refractivity contribution is 7.10. The van der Waals surface area contributed by atoms with Crippen LogP contribution in [0.5, 0.6) is 0 Å². The molecule has 0 amide bonds. The van der Waals surface area contributed by atoms with Crippen molar-refractivity contribution in [3.63, 3.8) is 0 Å². The van der Waals surface area contributed by atoms with Crippen LogP contribution in [0.25, 0.3) is 11.3 Å². The van der Waals surface area contributed by atoms with Crippen molar-refractivity contribution < 1.29 is 5.11 Å². The van der Waals surface area contributed by atoms with Crippen molar-refractivity contribution in [2.24, 2.45) is 0 Å². The molecule has 1 heterocycles. The third-order valence-corrected chi connectivity index (χ3v) is 5.27. The van der Waals surface area contributed by atoms with E-state index in [-0.39, 0.29) is 6.61 Å². The lowest BCUT2D eigenvalue weighted by Gasteiger charge is -2.10. The maximum atomic E-state index is 9.16. The molecule has 0 bridgehead atoms. The van der Waals surface area contributed by atoms with Crippen molar-refractivity contribution >= 4 is 11.3 Å². The number of aryl methyl sites for hydroxylation is 3. The summed E-state index contributed by atoms with van der Waals surface area (Å²) in [5, 5.41) is 12.4. The van der Waals surface area contributed by atoms with Gasteiger partial charge >= 0.3 is 0 Å². The zero-order valence-corrected chi connectivity index (χ0v) is 15.3. The van der Waals surface area contributed by atoms with E-state index in [2.05, 4.69) is 62.5 Å². The highest BCUT2D eigenvalue weighted by Gasteiger charge is 2.09. The Kier molecular flexibility index (Phi) is 5.12.